The van der Waals surface area contributed by atoms with Gasteiger partial charge in [0.1, 0.15) is 5.82 Å². The van der Waals surface area contributed by atoms with Gasteiger partial charge in [-0.3, -0.25) is 9.69 Å². The maximum atomic E-state index is 11.8. The summed E-state index contributed by atoms with van der Waals surface area (Å²) in [5.74, 6) is 1.45. The van der Waals surface area contributed by atoms with Gasteiger partial charge in [0, 0.05) is 23.6 Å². The van der Waals surface area contributed by atoms with Crippen molar-refractivity contribution in [2.45, 2.75) is 19.8 Å². The molecule has 0 saturated carbocycles. The molecule has 1 fully saturated rings. The number of amides is 1. The molecule has 1 aromatic rings. The minimum absolute atomic E-state index is 0.184. The summed E-state index contributed by atoms with van der Waals surface area (Å²) in [5, 5.41) is 0. The van der Waals surface area contributed by atoms with Gasteiger partial charge < -0.3 is 0 Å². The first-order chi connectivity index (χ1) is 7.16. The lowest BCUT2D eigenvalue weighted by Gasteiger charge is -2.29. The number of hydrogen-bond donors (Lipinski definition) is 0. The number of anilines is 1. The van der Waals surface area contributed by atoms with Gasteiger partial charge in [-0.2, -0.15) is 0 Å². The first-order valence-electron chi connectivity index (χ1n) is 5.09. The zero-order valence-electron chi connectivity index (χ0n) is 8.61. The highest BCUT2D eigenvalue weighted by atomic mass is 79.9. The first-order valence-corrected chi connectivity index (χ1v) is 5.88. The van der Waals surface area contributed by atoms with Crippen LogP contribution in [0, 0.1) is 5.92 Å². The summed E-state index contributed by atoms with van der Waals surface area (Å²) in [5.41, 5.74) is 0. The molecule has 0 N–H and O–H groups in total. The second-order valence-corrected chi connectivity index (χ2v) is 4.89. The second-order valence-electron chi connectivity index (χ2n) is 3.98. The minimum atomic E-state index is 0.184. The maximum Gasteiger partial charge on any atom is 0.228 e. The Morgan fingerprint density at radius 2 is 2.33 bits per heavy atom. The molecule has 1 saturated heterocycles. The third-order valence-electron chi connectivity index (χ3n) is 2.66. The highest BCUT2D eigenvalue weighted by Crippen LogP contribution is 2.23. The molecule has 15 heavy (non-hydrogen) atoms. The van der Waals surface area contributed by atoms with Crippen molar-refractivity contribution in [1.29, 1.82) is 0 Å². The molecule has 1 aromatic heterocycles. The van der Waals surface area contributed by atoms with E-state index in [0.717, 1.165) is 23.3 Å². The van der Waals surface area contributed by atoms with Crippen molar-refractivity contribution in [2.24, 2.45) is 5.92 Å². The smallest absolute Gasteiger partial charge is 0.228 e. The Labute approximate surface area is 97.6 Å². The second kappa shape index (κ2) is 4.31. The van der Waals surface area contributed by atoms with Gasteiger partial charge >= 0.3 is 0 Å². The van der Waals surface area contributed by atoms with Gasteiger partial charge in [-0.1, -0.05) is 6.92 Å². The zero-order chi connectivity index (χ0) is 10.8. The zero-order valence-corrected chi connectivity index (χ0v) is 10.2. The van der Waals surface area contributed by atoms with Crippen molar-refractivity contribution in [1.82, 2.24) is 4.98 Å². The van der Waals surface area contributed by atoms with Crippen LogP contribution in [0.15, 0.2) is 22.8 Å². The molecule has 1 aliphatic heterocycles. The van der Waals surface area contributed by atoms with E-state index in [1.165, 1.54) is 0 Å². The van der Waals surface area contributed by atoms with Crippen molar-refractivity contribution in [3.05, 3.63) is 22.8 Å². The van der Waals surface area contributed by atoms with Crippen LogP contribution >= 0.6 is 15.9 Å². The maximum absolute atomic E-state index is 11.8. The fourth-order valence-electron chi connectivity index (χ4n) is 1.75. The molecule has 0 spiro atoms. The number of aromatic nitrogens is 1. The highest BCUT2D eigenvalue weighted by Gasteiger charge is 2.24. The van der Waals surface area contributed by atoms with Crippen LogP contribution in [0.25, 0.3) is 0 Å². The van der Waals surface area contributed by atoms with Gasteiger partial charge in [0.05, 0.1) is 0 Å². The molecular weight excluding hydrogens is 256 g/mol. The van der Waals surface area contributed by atoms with Crippen LogP contribution < -0.4 is 4.90 Å². The van der Waals surface area contributed by atoms with Gasteiger partial charge in [-0.25, -0.2) is 4.98 Å². The molecule has 3 nitrogen and oxygen atoms in total. The Morgan fingerprint density at radius 3 is 2.93 bits per heavy atom. The topological polar surface area (TPSA) is 33.2 Å². The largest absolute Gasteiger partial charge is 0.297 e. The quantitative estimate of drug-likeness (QED) is 0.785. The SMILES string of the molecule is CC1CCN(c2ccc(Br)cn2)C(=O)C1. The van der Waals surface area contributed by atoms with Crippen molar-refractivity contribution in [3.63, 3.8) is 0 Å². The highest BCUT2D eigenvalue weighted by molar-refractivity contribution is 9.10. The molecule has 1 unspecified atom stereocenters. The van der Waals surface area contributed by atoms with E-state index in [1.807, 2.05) is 12.1 Å². The number of halogens is 1. The Balaban J connectivity index is 2.17. The molecule has 1 atom stereocenters. The monoisotopic (exact) mass is 268 g/mol. The normalized spacial score (nSPS) is 21.9. The molecule has 0 bridgehead atoms. The Hall–Kier alpha value is -0.900. The molecule has 80 valence electrons. The molecule has 1 aliphatic rings. The molecule has 2 heterocycles. The molecule has 4 heteroatoms. The summed E-state index contributed by atoms with van der Waals surface area (Å²) in [7, 11) is 0. The third kappa shape index (κ3) is 2.37. The van der Waals surface area contributed by atoms with Crippen molar-refractivity contribution >= 4 is 27.7 Å². The molecule has 1 amide bonds. The number of hydrogen-bond acceptors (Lipinski definition) is 2. The number of carbonyl (C=O) groups is 1. The van der Waals surface area contributed by atoms with Gasteiger partial charge in [0.15, 0.2) is 0 Å². The summed E-state index contributed by atoms with van der Waals surface area (Å²) in [6, 6.07) is 3.78. The van der Waals surface area contributed by atoms with Crippen LogP contribution in [0.5, 0.6) is 0 Å². The fourth-order valence-corrected chi connectivity index (χ4v) is 1.99. The van der Waals surface area contributed by atoms with Crippen molar-refractivity contribution < 1.29 is 4.79 Å². The lowest BCUT2D eigenvalue weighted by Crippen LogP contribution is -2.38. The number of pyridine rings is 1. The van der Waals surface area contributed by atoms with E-state index in [0.29, 0.717) is 12.3 Å². The van der Waals surface area contributed by atoms with Crippen LogP contribution in [-0.4, -0.2) is 17.4 Å². The van der Waals surface area contributed by atoms with E-state index in [2.05, 4.69) is 27.8 Å². The van der Waals surface area contributed by atoms with E-state index in [4.69, 9.17) is 0 Å². The Bertz CT molecular complexity index is 363. The van der Waals surface area contributed by atoms with Gasteiger partial charge in [-0.15, -0.1) is 0 Å². The van der Waals surface area contributed by atoms with Crippen LogP contribution in [-0.2, 0) is 4.79 Å². The lowest BCUT2D eigenvalue weighted by molar-refractivity contribution is -0.120. The van der Waals surface area contributed by atoms with Crippen LogP contribution in [0.1, 0.15) is 19.8 Å². The predicted molar refractivity (Wildman–Crippen MR) is 62.7 cm³/mol. The first kappa shape index (κ1) is 10.6. The summed E-state index contributed by atoms with van der Waals surface area (Å²) < 4.78 is 0.934. The standard InChI is InChI=1S/C11H13BrN2O/c1-8-4-5-14(11(15)6-8)10-3-2-9(12)7-13-10/h2-3,7-8H,4-6H2,1H3. The molecule has 0 aliphatic carbocycles. The summed E-state index contributed by atoms with van der Waals surface area (Å²) >= 11 is 3.33. The summed E-state index contributed by atoms with van der Waals surface area (Å²) in [4.78, 5) is 17.8. The lowest BCUT2D eigenvalue weighted by atomic mass is 9.98. The van der Waals surface area contributed by atoms with E-state index in [-0.39, 0.29) is 5.91 Å². The van der Waals surface area contributed by atoms with Crippen LogP contribution in [0.3, 0.4) is 0 Å². The number of nitrogens with zero attached hydrogens (tertiary/aromatic N) is 2. The molecule has 0 radical (unpaired) electrons. The molecular formula is C11H13BrN2O. The Morgan fingerprint density at radius 1 is 1.53 bits per heavy atom. The van der Waals surface area contributed by atoms with E-state index in [1.54, 1.807) is 11.1 Å². The van der Waals surface area contributed by atoms with Crippen LogP contribution in [0.4, 0.5) is 5.82 Å². The van der Waals surface area contributed by atoms with Gasteiger partial charge in [0.25, 0.3) is 0 Å². The molecule has 0 aromatic carbocycles. The van der Waals surface area contributed by atoms with E-state index < -0.39 is 0 Å². The predicted octanol–water partition coefficient (Wildman–Crippen LogP) is 2.61. The van der Waals surface area contributed by atoms with E-state index >= 15 is 0 Å². The van der Waals surface area contributed by atoms with Gasteiger partial charge in [0.2, 0.25) is 5.91 Å². The summed E-state index contributed by atoms with van der Waals surface area (Å²) in [6.07, 6.45) is 3.42. The Kier molecular flexibility index (Phi) is 3.05. The summed E-state index contributed by atoms with van der Waals surface area (Å²) in [6.45, 7) is 2.90. The minimum Gasteiger partial charge on any atom is -0.297 e. The van der Waals surface area contributed by atoms with E-state index in [9.17, 15) is 4.79 Å². The van der Waals surface area contributed by atoms with Crippen LogP contribution in [0.2, 0.25) is 0 Å². The third-order valence-corrected chi connectivity index (χ3v) is 3.13. The average molecular weight is 269 g/mol. The average Bonchev–Trinajstić information content (AvgIpc) is 2.20. The number of rotatable bonds is 1. The van der Waals surface area contributed by atoms with Gasteiger partial charge in [-0.05, 0) is 40.4 Å². The fraction of sp³-hybridized carbons (Fsp3) is 0.455. The number of carbonyl (C=O) groups excluding carboxylic acids is 1. The molecule has 2 rings (SSSR count). The van der Waals surface area contributed by atoms with Crippen molar-refractivity contribution in [2.75, 3.05) is 11.4 Å². The number of piperidine rings is 1. The van der Waals surface area contributed by atoms with Crippen molar-refractivity contribution in [3.8, 4) is 0 Å².